The van der Waals surface area contributed by atoms with Gasteiger partial charge in [-0.2, -0.15) is 0 Å². The Morgan fingerprint density at radius 1 is 0.947 bits per heavy atom. The molecule has 0 aromatic rings. The topological polar surface area (TPSA) is 81.1 Å². The van der Waals surface area contributed by atoms with Crippen LogP contribution in [0.4, 0.5) is 0 Å². The van der Waals surface area contributed by atoms with Gasteiger partial charge in [-0.1, -0.05) is 64.7 Å². The second kappa shape index (κ2) is 13.8. The molecule has 0 spiro atoms. The van der Waals surface area contributed by atoms with Crippen molar-refractivity contribution in [3.63, 3.8) is 0 Å². The van der Waals surface area contributed by atoms with Gasteiger partial charge in [0.15, 0.2) is 0 Å². The van der Waals surface area contributed by atoms with Crippen LogP contribution in [0.3, 0.4) is 0 Å². The van der Waals surface area contributed by atoms with Crippen molar-refractivity contribution in [2.24, 2.45) is 11.5 Å². The van der Waals surface area contributed by atoms with E-state index in [0.29, 0.717) is 0 Å². The molecule has 1 amide bonds. The monoisotopic (exact) mass is 271 g/mol. The number of hydrogen-bond donors (Lipinski definition) is 3. The lowest BCUT2D eigenvalue weighted by Gasteiger charge is -2.09. The number of hydrogen-bond acceptors (Lipinski definition) is 3. The van der Waals surface area contributed by atoms with E-state index in [1.165, 1.54) is 57.8 Å². The SMILES string of the molecule is CCCCCCCCCCCCNC(=O)C(N)CN. The van der Waals surface area contributed by atoms with Gasteiger partial charge in [-0.15, -0.1) is 0 Å². The second-order valence-corrected chi connectivity index (χ2v) is 5.32. The Bertz CT molecular complexity index is 210. The number of carbonyl (C=O) groups excluding carboxylic acids is 1. The summed E-state index contributed by atoms with van der Waals surface area (Å²) >= 11 is 0. The molecule has 0 bridgehead atoms. The second-order valence-electron chi connectivity index (χ2n) is 5.32. The molecule has 0 saturated carbocycles. The van der Waals surface area contributed by atoms with Gasteiger partial charge in [-0.3, -0.25) is 4.79 Å². The highest BCUT2D eigenvalue weighted by atomic mass is 16.2. The molecule has 19 heavy (non-hydrogen) atoms. The minimum atomic E-state index is -0.553. The largest absolute Gasteiger partial charge is 0.355 e. The smallest absolute Gasteiger partial charge is 0.238 e. The zero-order valence-electron chi connectivity index (χ0n) is 12.6. The Kier molecular flexibility index (Phi) is 13.4. The average Bonchev–Trinajstić information content (AvgIpc) is 2.43. The Morgan fingerprint density at radius 3 is 1.89 bits per heavy atom. The van der Waals surface area contributed by atoms with Crippen molar-refractivity contribution in [2.75, 3.05) is 13.1 Å². The maximum absolute atomic E-state index is 11.3. The van der Waals surface area contributed by atoms with Crippen LogP contribution in [0.15, 0.2) is 0 Å². The molecule has 0 aromatic heterocycles. The van der Waals surface area contributed by atoms with Crippen LogP contribution in [0.2, 0.25) is 0 Å². The first-order valence-corrected chi connectivity index (χ1v) is 7.95. The fourth-order valence-corrected chi connectivity index (χ4v) is 2.06. The molecule has 114 valence electrons. The summed E-state index contributed by atoms with van der Waals surface area (Å²) in [4.78, 5) is 11.3. The number of rotatable bonds is 13. The van der Waals surface area contributed by atoms with Crippen LogP contribution in [0, 0.1) is 0 Å². The van der Waals surface area contributed by atoms with Gasteiger partial charge in [0.2, 0.25) is 5.91 Å². The standard InChI is InChI=1S/C15H33N3O/c1-2-3-4-5-6-7-8-9-10-11-12-18-15(19)14(17)13-16/h14H,2-13,16-17H2,1H3,(H,18,19). The zero-order valence-corrected chi connectivity index (χ0v) is 12.6. The molecule has 0 radical (unpaired) electrons. The summed E-state index contributed by atoms with van der Waals surface area (Å²) in [5.74, 6) is -0.126. The highest BCUT2D eigenvalue weighted by Gasteiger charge is 2.09. The third-order valence-corrected chi connectivity index (χ3v) is 3.42. The van der Waals surface area contributed by atoms with E-state index in [9.17, 15) is 4.79 Å². The lowest BCUT2D eigenvalue weighted by molar-refractivity contribution is -0.122. The zero-order chi connectivity index (χ0) is 14.3. The normalized spacial score (nSPS) is 12.4. The first kappa shape index (κ1) is 18.4. The summed E-state index contributed by atoms with van der Waals surface area (Å²) < 4.78 is 0. The third-order valence-electron chi connectivity index (χ3n) is 3.42. The Morgan fingerprint density at radius 2 is 1.42 bits per heavy atom. The summed E-state index contributed by atoms with van der Waals surface area (Å²) in [5.41, 5.74) is 10.8. The molecular formula is C15H33N3O. The minimum absolute atomic E-state index is 0.126. The van der Waals surface area contributed by atoms with Crippen LogP contribution >= 0.6 is 0 Å². The summed E-state index contributed by atoms with van der Waals surface area (Å²) in [6.07, 6.45) is 13.0. The molecule has 0 aliphatic rings. The molecule has 0 aliphatic heterocycles. The van der Waals surface area contributed by atoms with Crippen molar-refractivity contribution in [1.82, 2.24) is 5.32 Å². The number of amides is 1. The molecule has 1 atom stereocenters. The fraction of sp³-hybridized carbons (Fsp3) is 0.933. The third kappa shape index (κ3) is 12.2. The molecule has 0 heterocycles. The first-order valence-electron chi connectivity index (χ1n) is 7.95. The predicted octanol–water partition coefficient (Wildman–Crippen LogP) is 2.31. The van der Waals surface area contributed by atoms with Crippen molar-refractivity contribution in [1.29, 1.82) is 0 Å². The summed E-state index contributed by atoms with van der Waals surface area (Å²) in [5, 5.41) is 2.81. The average molecular weight is 271 g/mol. The molecule has 0 fully saturated rings. The number of unbranched alkanes of at least 4 members (excludes halogenated alkanes) is 9. The number of nitrogens with two attached hydrogens (primary N) is 2. The van der Waals surface area contributed by atoms with E-state index in [-0.39, 0.29) is 12.5 Å². The quantitative estimate of drug-likeness (QED) is 0.450. The van der Waals surface area contributed by atoms with E-state index in [2.05, 4.69) is 12.2 Å². The molecule has 5 N–H and O–H groups in total. The van der Waals surface area contributed by atoms with E-state index in [1.807, 2.05) is 0 Å². The van der Waals surface area contributed by atoms with Crippen LogP contribution in [0.25, 0.3) is 0 Å². The van der Waals surface area contributed by atoms with Crippen molar-refractivity contribution in [2.45, 2.75) is 77.2 Å². The molecule has 0 saturated heterocycles. The van der Waals surface area contributed by atoms with Crippen LogP contribution in [0.5, 0.6) is 0 Å². The Hall–Kier alpha value is -0.610. The maximum Gasteiger partial charge on any atom is 0.238 e. The first-order chi connectivity index (χ1) is 9.22. The van der Waals surface area contributed by atoms with Crippen LogP contribution in [0.1, 0.15) is 71.1 Å². The fourth-order valence-electron chi connectivity index (χ4n) is 2.06. The van der Waals surface area contributed by atoms with Gasteiger partial charge in [0.1, 0.15) is 0 Å². The molecule has 4 nitrogen and oxygen atoms in total. The van der Waals surface area contributed by atoms with Crippen molar-refractivity contribution < 1.29 is 4.79 Å². The van der Waals surface area contributed by atoms with E-state index in [1.54, 1.807) is 0 Å². The van der Waals surface area contributed by atoms with Gasteiger partial charge in [0.05, 0.1) is 6.04 Å². The Balaban J connectivity index is 3.13. The van der Waals surface area contributed by atoms with Gasteiger partial charge in [0, 0.05) is 13.1 Å². The van der Waals surface area contributed by atoms with Crippen molar-refractivity contribution in [3.8, 4) is 0 Å². The predicted molar refractivity (Wildman–Crippen MR) is 81.9 cm³/mol. The van der Waals surface area contributed by atoms with Gasteiger partial charge in [-0.05, 0) is 6.42 Å². The molecule has 0 rings (SSSR count). The lowest BCUT2D eigenvalue weighted by atomic mass is 10.1. The lowest BCUT2D eigenvalue weighted by Crippen LogP contribution is -2.45. The van der Waals surface area contributed by atoms with Gasteiger partial charge >= 0.3 is 0 Å². The summed E-state index contributed by atoms with van der Waals surface area (Å²) in [6, 6.07) is -0.553. The molecule has 1 unspecified atom stereocenters. The van der Waals surface area contributed by atoms with Crippen LogP contribution in [-0.4, -0.2) is 25.0 Å². The van der Waals surface area contributed by atoms with E-state index in [4.69, 9.17) is 11.5 Å². The molecule has 0 aliphatic carbocycles. The van der Waals surface area contributed by atoms with Crippen molar-refractivity contribution in [3.05, 3.63) is 0 Å². The van der Waals surface area contributed by atoms with Gasteiger partial charge in [0.25, 0.3) is 0 Å². The highest BCUT2D eigenvalue weighted by molar-refractivity contribution is 5.81. The maximum atomic E-state index is 11.3. The minimum Gasteiger partial charge on any atom is -0.355 e. The molecular weight excluding hydrogens is 238 g/mol. The Labute approximate surface area is 118 Å². The van der Waals surface area contributed by atoms with Crippen LogP contribution < -0.4 is 16.8 Å². The van der Waals surface area contributed by atoms with Crippen LogP contribution in [-0.2, 0) is 4.79 Å². The number of carbonyl (C=O) groups is 1. The van der Waals surface area contributed by atoms with Crippen molar-refractivity contribution >= 4 is 5.91 Å². The molecule has 4 heteroatoms. The number of nitrogens with one attached hydrogen (secondary N) is 1. The van der Waals surface area contributed by atoms with E-state index < -0.39 is 6.04 Å². The highest BCUT2D eigenvalue weighted by Crippen LogP contribution is 2.10. The summed E-state index contributed by atoms with van der Waals surface area (Å²) in [7, 11) is 0. The van der Waals surface area contributed by atoms with Gasteiger partial charge < -0.3 is 16.8 Å². The van der Waals surface area contributed by atoms with Gasteiger partial charge in [-0.25, -0.2) is 0 Å². The summed E-state index contributed by atoms with van der Waals surface area (Å²) in [6.45, 7) is 3.19. The van der Waals surface area contributed by atoms with E-state index >= 15 is 0 Å². The molecule has 0 aromatic carbocycles. The van der Waals surface area contributed by atoms with E-state index in [0.717, 1.165) is 13.0 Å².